The third-order valence-electron chi connectivity index (χ3n) is 4.07. The number of hydrogen-bond acceptors (Lipinski definition) is 4. The first kappa shape index (κ1) is 17.9. The molecule has 6 nitrogen and oxygen atoms in total. The number of rotatable bonds is 6. The lowest BCUT2D eigenvalue weighted by atomic mass is 9.93. The molecule has 0 aliphatic rings. The van der Waals surface area contributed by atoms with E-state index in [2.05, 4.69) is 36.1 Å². The van der Waals surface area contributed by atoms with Crippen LogP contribution in [0.4, 0.5) is 0 Å². The number of ether oxygens (including phenoxy) is 1. The van der Waals surface area contributed by atoms with E-state index in [4.69, 9.17) is 4.74 Å². The summed E-state index contributed by atoms with van der Waals surface area (Å²) in [4.78, 5) is 20.9. The average molecular weight is 352 g/mol. The Morgan fingerprint density at radius 3 is 2.88 bits per heavy atom. The lowest BCUT2D eigenvalue weighted by molar-refractivity contribution is 0.0944. The van der Waals surface area contributed by atoms with Crippen LogP contribution in [0.2, 0.25) is 0 Å². The first-order valence-electron chi connectivity index (χ1n) is 8.70. The van der Waals surface area contributed by atoms with Crippen molar-refractivity contribution in [3.63, 3.8) is 0 Å². The number of pyridine rings is 2. The van der Waals surface area contributed by atoms with Crippen molar-refractivity contribution in [2.75, 3.05) is 6.61 Å². The molecule has 3 aromatic heterocycles. The fraction of sp³-hybridized carbons (Fsp3) is 0.350. The van der Waals surface area contributed by atoms with Crippen molar-refractivity contribution in [1.29, 1.82) is 0 Å². The Balaban J connectivity index is 1.65. The number of imidazole rings is 1. The van der Waals surface area contributed by atoms with Crippen LogP contribution >= 0.6 is 0 Å². The number of carbonyl (C=O) groups is 1. The maximum atomic E-state index is 12.5. The Morgan fingerprint density at radius 2 is 2.08 bits per heavy atom. The van der Waals surface area contributed by atoms with Gasteiger partial charge in [-0.15, -0.1) is 0 Å². The molecule has 26 heavy (non-hydrogen) atoms. The Kier molecular flexibility index (Phi) is 5.21. The molecule has 3 aromatic rings. The Bertz CT molecular complexity index is 896. The molecule has 0 aliphatic carbocycles. The summed E-state index contributed by atoms with van der Waals surface area (Å²) >= 11 is 0. The summed E-state index contributed by atoms with van der Waals surface area (Å²) < 4.78 is 7.64. The highest BCUT2D eigenvalue weighted by molar-refractivity contribution is 5.93. The van der Waals surface area contributed by atoms with Crippen LogP contribution in [0.1, 0.15) is 43.2 Å². The Hall–Kier alpha value is -2.89. The molecule has 0 saturated heterocycles. The van der Waals surface area contributed by atoms with Gasteiger partial charge < -0.3 is 10.1 Å². The van der Waals surface area contributed by atoms with Gasteiger partial charge in [-0.1, -0.05) is 26.8 Å². The lowest BCUT2D eigenvalue weighted by Crippen LogP contribution is -2.24. The van der Waals surface area contributed by atoms with E-state index in [0.29, 0.717) is 24.6 Å². The largest absolute Gasteiger partial charge is 0.492 e. The van der Waals surface area contributed by atoms with Crippen molar-refractivity contribution in [2.24, 2.45) is 5.41 Å². The molecule has 0 bridgehead atoms. The maximum Gasteiger partial charge on any atom is 0.270 e. The fourth-order valence-electron chi connectivity index (χ4n) is 2.52. The molecule has 6 heteroatoms. The molecular weight excluding hydrogens is 328 g/mol. The first-order chi connectivity index (χ1) is 12.4. The van der Waals surface area contributed by atoms with E-state index in [-0.39, 0.29) is 11.3 Å². The van der Waals surface area contributed by atoms with Gasteiger partial charge in [0.15, 0.2) is 0 Å². The summed E-state index contributed by atoms with van der Waals surface area (Å²) in [5.74, 6) is 0.524. The molecule has 0 saturated carbocycles. The third kappa shape index (κ3) is 4.39. The topological polar surface area (TPSA) is 68.5 Å². The van der Waals surface area contributed by atoms with Gasteiger partial charge in [0.05, 0.1) is 19.0 Å². The monoisotopic (exact) mass is 352 g/mol. The van der Waals surface area contributed by atoms with E-state index in [9.17, 15) is 4.79 Å². The molecule has 1 amide bonds. The van der Waals surface area contributed by atoms with Gasteiger partial charge in [-0.05, 0) is 30.0 Å². The molecule has 0 atom stereocenters. The number of nitrogens with zero attached hydrogens (tertiary/aromatic N) is 3. The highest BCUT2D eigenvalue weighted by Gasteiger charge is 2.14. The highest BCUT2D eigenvalue weighted by atomic mass is 16.5. The normalized spacial score (nSPS) is 11.5. The summed E-state index contributed by atoms with van der Waals surface area (Å²) in [5, 5.41) is 2.93. The lowest BCUT2D eigenvalue weighted by Gasteiger charge is -2.19. The van der Waals surface area contributed by atoms with Gasteiger partial charge in [0, 0.05) is 24.5 Å². The number of amides is 1. The molecule has 136 valence electrons. The molecule has 0 unspecified atom stereocenters. The Labute approximate surface area is 153 Å². The molecule has 0 aliphatic heterocycles. The SMILES string of the molecule is CC(C)(C)CCOc1cnccc1CNC(=O)c1cnc2ccccn12. The maximum absolute atomic E-state index is 12.5. The van der Waals surface area contributed by atoms with E-state index in [0.717, 1.165) is 17.6 Å². The van der Waals surface area contributed by atoms with Crippen molar-refractivity contribution in [3.05, 3.63) is 60.3 Å². The highest BCUT2D eigenvalue weighted by Crippen LogP contribution is 2.21. The smallest absolute Gasteiger partial charge is 0.270 e. The van der Waals surface area contributed by atoms with Crippen molar-refractivity contribution < 1.29 is 9.53 Å². The minimum Gasteiger partial charge on any atom is -0.492 e. The predicted molar refractivity (Wildman–Crippen MR) is 100 cm³/mol. The molecule has 0 radical (unpaired) electrons. The van der Waals surface area contributed by atoms with E-state index in [1.807, 2.05) is 30.5 Å². The third-order valence-corrected chi connectivity index (χ3v) is 4.07. The van der Waals surface area contributed by atoms with E-state index >= 15 is 0 Å². The zero-order chi connectivity index (χ0) is 18.6. The predicted octanol–water partition coefficient (Wildman–Crippen LogP) is 3.47. The molecule has 3 rings (SSSR count). The van der Waals surface area contributed by atoms with Gasteiger partial charge in [0.1, 0.15) is 17.1 Å². The van der Waals surface area contributed by atoms with Gasteiger partial charge >= 0.3 is 0 Å². The fourth-order valence-corrected chi connectivity index (χ4v) is 2.52. The molecule has 0 aromatic carbocycles. The summed E-state index contributed by atoms with van der Waals surface area (Å²) in [6, 6.07) is 7.49. The van der Waals surface area contributed by atoms with Gasteiger partial charge in [0.2, 0.25) is 0 Å². The van der Waals surface area contributed by atoms with Crippen molar-refractivity contribution in [2.45, 2.75) is 33.7 Å². The minimum atomic E-state index is -0.179. The van der Waals surface area contributed by atoms with Crippen LogP contribution in [-0.2, 0) is 6.54 Å². The number of nitrogens with one attached hydrogen (secondary N) is 1. The van der Waals surface area contributed by atoms with Crippen LogP contribution in [0.5, 0.6) is 5.75 Å². The van der Waals surface area contributed by atoms with Gasteiger partial charge in [-0.25, -0.2) is 4.98 Å². The number of fused-ring (bicyclic) bond motifs is 1. The number of carbonyl (C=O) groups excluding carboxylic acids is 1. The summed E-state index contributed by atoms with van der Waals surface area (Å²) in [5.41, 5.74) is 2.35. The van der Waals surface area contributed by atoms with Crippen LogP contribution in [0, 0.1) is 5.41 Å². The first-order valence-corrected chi connectivity index (χ1v) is 8.70. The summed E-state index contributed by atoms with van der Waals surface area (Å²) in [6.07, 6.45) is 7.74. The molecule has 3 heterocycles. The van der Waals surface area contributed by atoms with Gasteiger partial charge in [-0.2, -0.15) is 0 Å². The van der Waals surface area contributed by atoms with E-state index < -0.39 is 0 Å². The van der Waals surface area contributed by atoms with Crippen LogP contribution < -0.4 is 10.1 Å². The van der Waals surface area contributed by atoms with E-state index in [1.165, 1.54) is 0 Å². The minimum absolute atomic E-state index is 0.179. The van der Waals surface area contributed by atoms with Crippen LogP contribution in [0.3, 0.4) is 0 Å². The standard InChI is InChI=1S/C20H24N4O2/c1-20(2,3)8-11-26-17-14-21-9-7-15(17)12-23-19(25)16-13-22-18-6-4-5-10-24(16)18/h4-7,9-10,13-14H,8,11-12H2,1-3H3,(H,23,25). The van der Waals surface area contributed by atoms with Gasteiger partial charge in [0.25, 0.3) is 5.91 Å². The van der Waals surface area contributed by atoms with Crippen molar-refractivity contribution in [3.8, 4) is 5.75 Å². The average Bonchev–Trinajstić information content (AvgIpc) is 3.04. The Morgan fingerprint density at radius 1 is 1.23 bits per heavy atom. The van der Waals surface area contributed by atoms with Crippen LogP contribution in [0.15, 0.2) is 49.1 Å². The summed E-state index contributed by atoms with van der Waals surface area (Å²) in [7, 11) is 0. The second-order valence-corrected chi connectivity index (χ2v) is 7.40. The second kappa shape index (κ2) is 7.56. The van der Waals surface area contributed by atoms with Gasteiger partial charge in [-0.3, -0.25) is 14.2 Å². The van der Waals surface area contributed by atoms with Crippen LogP contribution in [-0.4, -0.2) is 26.9 Å². The number of hydrogen-bond donors (Lipinski definition) is 1. The van der Waals surface area contributed by atoms with Crippen molar-refractivity contribution >= 4 is 11.6 Å². The zero-order valence-electron chi connectivity index (χ0n) is 15.4. The summed E-state index contributed by atoms with van der Waals surface area (Å²) in [6.45, 7) is 7.51. The molecule has 1 N–H and O–H groups in total. The molecular formula is C20H24N4O2. The zero-order valence-corrected chi connectivity index (χ0v) is 15.4. The molecule has 0 spiro atoms. The van der Waals surface area contributed by atoms with Crippen LogP contribution in [0.25, 0.3) is 5.65 Å². The van der Waals surface area contributed by atoms with Crippen molar-refractivity contribution in [1.82, 2.24) is 19.7 Å². The molecule has 0 fully saturated rings. The quantitative estimate of drug-likeness (QED) is 0.737. The second-order valence-electron chi connectivity index (χ2n) is 7.40. The van der Waals surface area contributed by atoms with E-state index in [1.54, 1.807) is 23.0 Å². The number of aromatic nitrogens is 3.